The zero-order valence-corrected chi connectivity index (χ0v) is 15.5. The molecule has 0 saturated carbocycles. The molecule has 0 unspecified atom stereocenters. The van der Waals surface area contributed by atoms with Gasteiger partial charge in [-0.1, -0.05) is 24.3 Å². The van der Waals surface area contributed by atoms with Crippen LogP contribution in [0.1, 0.15) is 27.9 Å². The van der Waals surface area contributed by atoms with Crippen LogP contribution in [0, 0.1) is 0 Å². The lowest BCUT2D eigenvalue weighted by atomic mass is 9.91. The van der Waals surface area contributed by atoms with Crippen LogP contribution in [0.2, 0.25) is 0 Å². The highest BCUT2D eigenvalue weighted by Gasteiger charge is 2.21. The number of allylic oxidation sites excluding steroid dienone is 1. The summed E-state index contributed by atoms with van der Waals surface area (Å²) < 4.78 is 5.60. The third kappa shape index (κ3) is 2.90. The number of aromatic amines is 1. The molecule has 3 aromatic rings. The number of aromatic nitrogens is 2. The lowest BCUT2D eigenvalue weighted by Crippen LogP contribution is -2.14. The molecule has 0 spiro atoms. The molecule has 1 aromatic heterocycles. The fourth-order valence-corrected chi connectivity index (χ4v) is 3.67. The zero-order chi connectivity index (χ0) is 19.7. The van der Waals surface area contributed by atoms with Gasteiger partial charge in [-0.3, -0.25) is 9.79 Å². The van der Waals surface area contributed by atoms with Gasteiger partial charge in [0.1, 0.15) is 0 Å². The Bertz CT molecular complexity index is 1180. The van der Waals surface area contributed by atoms with Crippen molar-refractivity contribution in [1.82, 2.24) is 10.2 Å². The molecule has 0 atom stereocenters. The number of nitrogens with one attached hydrogen (secondary N) is 1. The van der Waals surface area contributed by atoms with E-state index in [1.807, 2.05) is 24.3 Å². The first-order valence-electron chi connectivity index (χ1n) is 8.97. The number of aliphatic imine (C=N–C) groups is 1. The van der Waals surface area contributed by atoms with Crippen LogP contribution in [0.4, 0.5) is 0 Å². The molecular weight excluding hydrogens is 354 g/mol. The maximum atomic E-state index is 12.1. The van der Waals surface area contributed by atoms with E-state index in [1.165, 1.54) is 0 Å². The Hall–Kier alpha value is -3.29. The minimum atomic E-state index is -0.251. The van der Waals surface area contributed by atoms with Gasteiger partial charge in [0.25, 0.3) is 5.56 Å². The second kappa shape index (κ2) is 7.38. The topological polar surface area (TPSA) is 119 Å². The number of nitrogens with two attached hydrogens (primary N) is 2. The molecule has 1 aliphatic heterocycles. The SMILES string of the molecule is CN=C(/C(=C\N)c1ccc2c(=O)[nH]nc(CN)c2c1)c1cccc2c1COC2. The third-order valence-electron chi connectivity index (χ3n) is 5.05. The molecule has 2 aromatic carbocycles. The minimum Gasteiger partial charge on any atom is -0.404 e. The molecule has 1 aliphatic rings. The molecule has 0 radical (unpaired) electrons. The maximum Gasteiger partial charge on any atom is 0.272 e. The first kappa shape index (κ1) is 18.1. The summed E-state index contributed by atoms with van der Waals surface area (Å²) in [5.41, 5.74) is 17.9. The number of ether oxygens (including phenoxy) is 1. The van der Waals surface area contributed by atoms with Crippen LogP contribution < -0.4 is 17.0 Å². The van der Waals surface area contributed by atoms with Crippen LogP contribution in [-0.4, -0.2) is 23.0 Å². The number of hydrogen-bond acceptors (Lipinski definition) is 6. The van der Waals surface area contributed by atoms with Crippen LogP contribution in [0.3, 0.4) is 0 Å². The second-order valence-electron chi connectivity index (χ2n) is 6.55. The first-order valence-corrected chi connectivity index (χ1v) is 8.97. The van der Waals surface area contributed by atoms with Gasteiger partial charge in [-0.05, 0) is 28.8 Å². The summed E-state index contributed by atoms with van der Waals surface area (Å²) in [6.07, 6.45) is 1.54. The van der Waals surface area contributed by atoms with Crippen molar-refractivity contribution in [2.24, 2.45) is 16.5 Å². The summed E-state index contributed by atoms with van der Waals surface area (Å²) in [7, 11) is 1.74. The Morgan fingerprint density at radius 3 is 2.89 bits per heavy atom. The quantitative estimate of drug-likeness (QED) is 0.601. The second-order valence-corrected chi connectivity index (χ2v) is 6.55. The normalized spacial score (nSPS) is 14.5. The molecule has 28 heavy (non-hydrogen) atoms. The summed E-state index contributed by atoms with van der Waals surface area (Å²) >= 11 is 0. The Labute approximate surface area is 161 Å². The highest BCUT2D eigenvalue weighted by Crippen LogP contribution is 2.29. The van der Waals surface area contributed by atoms with Crippen molar-refractivity contribution in [1.29, 1.82) is 0 Å². The van der Waals surface area contributed by atoms with Crippen molar-refractivity contribution in [3.8, 4) is 0 Å². The molecule has 7 nitrogen and oxygen atoms in total. The van der Waals surface area contributed by atoms with Crippen molar-refractivity contribution in [3.63, 3.8) is 0 Å². The van der Waals surface area contributed by atoms with Gasteiger partial charge >= 0.3 is 0 Å². The first-order chi connectivity index (χ1) is 13.7. The lowest BCUT2D eigenvalue weighted by molar-refractivity contribution is 0.134. The average Bonchev–Trinajstić information content (AvgIpc) is 3.21. The van der Waals surface area contributed by atoms with Gasteiger partial charge in [-0.15, -0.1) is 0 Å². The van der Waals surface area contributed by atoms with Crippen LogP contribution in [0.25, 0.3) is 16.3 Å². The number of benzene rings is 2. The van der Waals surface area contributed by atoms with Gasteiger partial charge in [0.05, 0.1) is 30.0 Å². The van der Waals surface area contributed by atoms with E-state index in [4.69, 9.17) is 16.2 Å². The molecule has 5 N–H and O–H groups in total. The van der Waals surface area contributed by atoms with E-state index in [9.17, 15) is 4.79 Å². The highest BCUT2D eigenvalue weighted by atomic mass is 16.5. The fraction of sp³-hybridized carbons (Fsp3) is 0.190. The minimum absolute atomic E-state index is 0.219. The van der Waals surface area contributed by atoms with Crippen LogP contribution in [0.5, 0.6) is 0 Å². The van der Waals surface area contributed by atoms with E-state index in [-0.39, 0.29) is 12.1 Å². The lowest BCUT2D eigenvalue weighted by Gasteiger charge is -2.15. The van der Waals surface area contributed by atoms with E-state index in [0.717, 1.165) is 33.5 Å². The molecule has 142 valence electrons. The smallest absolute Gasteiger partial charge is 0.272 e. The van der Waals surface area contributed by atoms with E-state index in [2.05, 4.69) is 21.3 Å². The van der Waals surface area contributed by atoms with Crippen molar-refractivity contribution < 1.29 is 4.74 Å². The van der Waals surface area contributed by atoms with E-state index < -0.39 is 0 Å². The van der Waals surface area contributed by atoms with Crippen molar-refractivity contribution in [3.05, 3.63) is 80.9 Å². The maximum absolute atomic E-state index is 12.1. The number of rotatable bonds is 4. The molecule has 2 heterocycles. The molecule has 0 saturated heterocycles. The molecule has 4 rings (SSSR count). The predicted octanol–water partition coefficient (Wildman–Crippen LogP) is 1.83. The van der Waals surface area contributed by atoms with Crippen molar-refractivity contribution in [2.45, 2.75) is 19.8 Å². The Kier molecular flexibility index (Phi) is 4.77. The van der Waals surface area contributed by atoms with Gasteiger partial charge in [-0.2, -0.15) is 5.10 Å². The van der Waals surface area contributed by atoms with E-state index >= 15 is 0 Å². The van der Waals surface area contributed by atoms with Crippen LogP contribution in [-0.2, 0) is 24.5 Å². The van der Waals surface area contributed by atoms with Gasteiger partial charge < -0.3 is 16.2 Å². The average molecular weight is 375 g/mol. The number of H-pyrrole nitrogens is 1. The van der Waals surface area contributed by atoms with Gasteiger partial charge in [0, 0.05) is 36.3 Å². The highest BCUT2D eigenvalue weighted by molar-refractivity contribution is 6.32. The monoisotopic (exact) mass is 375 g/mol. The molecule has 7 heteroatoms. The summed E-state index contributed by atoms with van der Waals surface area (Å²) in [5.74, 6) is 0. The number of fused-ring (bicyclic) bond motifs is 2. The standard InChI is InChI=1S/C21H21N5O2/c1-24-20(14-4-2-3-13-10-28-11-18(13)14)17(8-22)12-5-6-15-16(7-12)19(9-23)25-26-21(15)27/h2-8H,9-11,22-23H2,1H3,(H,26,27)/b17-8-,24-20?. The number of nitrogens with zero attached hydrogens (tertiary/aromatic N) is 2. The van der Waals surface area contributed by atoms with Crippen molar-refractivity contribution in [2.75, 3.05) is 7.05 Å². The van der Waals surface area contributed by atoms with Crippen LogP contribution in [0.15, 0.2) is 52.4 Å². The zero-order valence-electron chi connectivity index (χ0n) is 15.5. The van der Waals surface area contributed by atoms with E-state index in [0.29, 0.717) is 29.7 Å². The molecule has 0 bridgehead atoms. The summed E-state index contributed by atoms with van der Waals surface area (Å²) in [4.78, 5) is 16.6. The van der Waals surface area contributed by atoms with Crippen LogP contribution >= 0.6 is 0 Å². The van der Waals surface area contributed by atoms with Gasteiger partial charge in [0.15, 0.2) is 0 Å². The number of hydrogen-bond donors (Lipinski definition) is 3. The Morgan fingerprint density at radius 1 is 1.29 bits per heavy atom. The van der Waals surface area contributed by atoms with Crippen molar-refractivity contribution >= 4 is 22.1 Å². The molecule has 0 fully saturated rings. The largest absolute Gasteiger partial charge is 0.404 e. The summed E-state index contributed by atoms with van der Waals surface area (Å²) in [6.45, 7) is 1.37. The van der Waals surface area contributed by atoms with Gasteiger partial charge in [-0.25, -0.2) is 5.10 Å². The van der Waals surface area contributed by atoms with Gasteiger partial charge in [0.2, 0.25) is 0 Å². The Morgan fingerprint density at radius 2 is 2.14 bits per heavy atom. The predicted molar refractivity (Wildman–Crippen MR) is 110 cm³/mol. The van der Waals surface area contributed by atoms with E-state index in [1.54, 1.807) is 19.3 Å². The molecular formula is C21H21N5O2. The summed E-state index contributed by atoms with van der Waals surface area (Å²) in [6, 6.07) is 11.6. The Balaban J connectivity index is 1.88. The summed E-state index contributed by atoms with van der Waals surface area (Å²) in [5, 5.41) is 7.79. The molecule has 0 aliphatic carbocycles. The third-order valence-corrected chi connectivity index (χ3v) is 5.05. The molecule has 0 amide bonds. The fourth-order valence-electron chi connectivity index (χ4n) is 3.67.